The third-order valence-electron chi connectivity index (χ3n) is 5.39. The zero-order valence-corrected chi connectivity index (χ0v) is 19.9. The molecule has 200 valence electrons. The molecule has 1 N–H and O–H groups in total. The number of carbonyl (C=O) groups is 3. The van der Waals surface area contributed by atoms with E-state index in [0.29, 0.717) is 0 Å². The summed E-state index contributed by atoms with van der Waals surface area (Å²) >= 11 is 0. The molecule has 0 saturated carbocycles. The van der Waals surface area contributed by atoms with Crippen LogP contribution in [0.3, 0.4) is 0 Å². The molecule has 11 nitrogen and oxygen atoms in total. The number of halogens is 4. The Morgan fingerprint density at radius 3 is 2.51 bits per heavy atom. The van der Waals surface area contributed by atoms with Crippen LogP contribution in [-0.4, -0.2) is 85.3 Å². The lowest BCUT2D eigenvalue weighted by molar-refractivity contribution is -0.132. The standard InChI is InChI=1S/C22H24F4N6O5/c1-3-30(6-7-32(36-2)21(34)17-11-27-4-5-28-17)18-15(23)8-13(9-16(18)24)31-12-14(37-22(31)35)10-29-20(33)19(25)26/h4-5,8-9,11,14,19H,3,6-7,10,12H2,1-2H3,(H,29,33)/t14-/m0/s1. The Bertz CT molecular complexity index is 1100. The number of aromatic nitrogens is 2. The SMILES string of the molecule is CCN(CCN(OC)C(=O)c1cnccn1)c1c(F)cc(N2C[C@H](CNC(=O)C(F)F)OC2=O)cc1F. The second-order valence-corrected chi connectivity index (χ2v) is 7.68. The molecule has 0 unspecified atom stereocenters. The lowest BCUT2D eigenvalue weighted by atomic mass is 10.2. The van der Waals surface area contributed by atoms with Crippen molar-refractivity contribution in [2.24, 2.45) is 0 Å². The van der Waals surface area contributed by atoms with Crippen LogP contribution in [-0.2, 0) is 14.4 Å². The van der Waals surface area contributed by atoms with Gasteiger partial charge in [-0.3, -0.25) is 24.3 Å². The van der Waals surface area contributed by atoms with E-state index in [1.54, 1.807) is 6.92 Å². The van der Waals surface area contributed by atoms with Gasteiger partial charge in [-0.2, -0.15) is 8.78 Å². The lowest BCUT2D eigenvalue weighted by Crippen LogP contribution is -2.39. The Labute approximate surface area is 208 Å². The van der Waals surface area contributed by atoms with Gasteiger partial charge in [0, 0.05) is 37.6 Å². The normalized spacial score (nSPS) is 15.1. The number of cyclic esters (lactones) is 1. The Kier molecular flexibility index (Phi) is 9.16. The molecule has 0 bridgehead atoms. The molecule has 1 aliphatic heterocycles. The Hall–Kier alpha value is -4.01. The number of rotatable bonds is 11. The number of nitrogens with zero attached hydrogens (tertiary/aromatic N) is 5. The molecule has 15 heteroatoms. The van der Waals surface area contributed by atoms with Crippen molar-refractivity contribution in [2.45, 2.75) is 19.5 Å². The van der Waals surface area contributed by atoms with Gasteiger partial charge < -0.3 is 15.0 Å². The molecule has 2 aromatic rings. The van der Waals surface area contributed by atoms with E-state index in [-0.39, 0.29) is 49.8 Å². The smallest absolute Gasteiger partial charge is 0.414 e. The molecular weight excluding hydrogens is 504 g/mol. The lowest BCUT2D eigenvalue weighted by Gasteiger charge is -2.28. The summed E-state index contributed by atoms with van der Waals surface area (Å²) in [6.07, 6.45) is -1.18. The topological polar surface area (TPSA) is 117 Å². The molecule has 1 aliphatic rings. The summed E-state index contributed by atoms with van der Waals surface area (Å²) in [5.41, 5.74) is -0.514. The number of anilines is 2. The average molecular weight is 528 g/mol. The fraction of sp³-hybridized carbons (Fsp3) is 0.409. The molecular formula is C22H24F4N6O5. The van der Waals surface area contributed by atoms with E-state index in [2.05, 4.69) is 9.97 Å². The van der Waals surface area contributed by atoms with Crippen molar-refractivity contribution < 1.29 is 41.5 Å². The van der Waals surface area contributed by atoms with E-state index in [0.717, 1.165) is 22.1 Å². The largest absolute Gasteiger partial charge is 0.442 e. The number of hydrogen-bond acceptors (Lipinski definition) is 8. The van der Waals surface area contributed by atoms with Gasteiger partial charge in [0.15, 0.2) is 11.6 Å². The van der Waals surface area contributed by atoms with Gasteiger partial charge in [-0.05, 0) is 6.92 Å². The first-order valence-corrected chi connectivity index (χ1v) is 11.1. The molecule has 3 rings (SSSR count). The van der Waals surface area contributed by atoms with Crippen LogP contribution >= 0.6 is 0 Å². The maximum atomic E-state index is 15.1. The number of alkyl halides is 2. The van der Waals surface area contributed by atoms with Gasteiger partial charge in [-0.15, -0.1) is 0 Å². The maximum Gasteiger partial charge on any atom is 0.414 e. The van der Waals surface area contributed by atoms with E-state index in [4.69, 9.17) is 9.57 Å². The summed E-state index contributed by atoms with van der Waals surface area (Å²) in [7, 11) is 1.27. The number of benzene rings is 1. The molecule has 1 saturated heterocycles. The number of hydrogen-bond donors (Lipinski definition) is 1. The van der Waals surface area contributed by atoms with Gasteiger partial charge in [-0.25, -0.2) is 23.6 Å². The minimum Gasteiger partial charge on any atom is -0.442 e. The highest BCUT2D eigenvalue weighted by atomic mass is 19.3. The maximum absolute atomic E-state index is 15.1. The van der Waals surface area contributed by atoms with Crippen molar-refractivity contribution >= 4 is 29.3 Å². The fourth-order valence-corrected chi connectivity index (χ4v) is 3.59. The average Bonchev–Trinajstić information content (AvgIpc) is 3.26. The highest BCUT2D eigenvalue weighted by molar-refractivity contribution is 5.91. The van der Waals surface area contributed by atoms with E-state index in [9.17, 15) is 23.2 Å². The van der Waals surface area contributed by atoms with E-state index in [1.165, 1.54) is 30.6 Å². The highest BCUT2D eigenvalue weighted by Gasteiger charge is 2.34. The summed E-state index contributed by atoms with van der Waals surface area (Å²) < 4.78 is 59.8. The summed E-state index contributed by atoms with van der Waals surface area (Å²) in [5.74, 6) is -4.08. The molecule has 1 atom stereocenters. The van der Waals surface area contributed by atoms with Crippen molar-refractivity contribution in [3.63, 3.8) is 0 Å². The summed E-state index contributed by atoms with van der Waals surface area (Å²) in [4.78, 5) is 50.8. The van der Waals surface area contributed by atoms with Gasteiger partial charge in [0.2, 0.25) is 0 Å². The minimum absolute atomic E-state index is 0.0127. The predicted octanol–water partition coefficient (Wildman–Crippen LogP) is 1.99. The molecule has 1 aromatic heterocycles. The molecule has 2 heterocycles. The van der Waals surface area contributed by atoms with Gasteiger partial charge in [0.25, 0.3) is 11.8 Å². The van der Waals surface area contributed by atoms with Crippen LogP contribution < -0.4 is 15.1 Å². The number of nitrogens with one attached hydrogen (secondary N) is 1. The van der Waals surface area contributed by atoms with Crippen LogP contribution in [0.5, 0.6) is 0 Å². The van der Waals surface area contributed by atoms with Crippen molar-refractivity contribution in [2.75, 3.05) is 49.6 Å². The summed E-state index contributed by atoms with van der Waals surface area (Å²) in [5, 5.41) is 2.90. The molecule has 1 fully saturated rings. The minimum atomic E-state index is -3.23. The predicted molar refractivity (Wildman–Crippen MR) is 121 cm³/mol. The third-order valence-corrected chi connectivity index (χ3v) is 5.39. The fourth-order valence-electron chi connectivity index (χ4n) is 3.59. The van der Waals surface area contributed by atoms with Crippen molar-refractivity contribution in [3.8, 4) is 0 Å². The van der Waals surface area contributed by atoms with Crippen LogP contribution in [0.1, 0.15) is 17.4 Å². The van der Waals surface area contributed by atoms with Gasteiger partial charge in [-0.1, -0.05) is 0 Å². The van der Waals surface area contributed by atoms with E-state index < -0.39 is 42.1 Å². The summed E-state index contributed by atoms with van der Waals surface area (Å²) in [6.45, 7) is 1.14. The summed E-state index contributed by atoms with van der Waals surface area (Å²) in [6, 6.07) is 1.86. The second-order valence-electron chi connectivity index (χ2n) is 7.68. The van der Waals surface area contributed by atoms with Crippen LogP contribution in [0.2, 0.25) is 0 Å². The zero-order valence-electron chi connectivity index (χ0n) is 19.9. The first-order valence-electron chi connectivity index (χ1n) is 11.1. The molecule has 1 aromatic carbocycles. The molecule has 3 amide bonds. The van der Waals surface area contributed by atoms with Crippen molar-refractivity contribution in [1.29, 1.82) is 0 Å². The van der Waals surface area contributed by atoms with Crippen molar-refractivity contribution in [1.82, 2.24) is 20.3 Å². The third kappa shape index (κ3) is 6.61. The Morgan fingerprint density at radius 2 is 1.95 bits per heavy atom. The number of hydroxylamine groups is 2. The molecule has 37 heavy (non-hydrogen) atoms. The Balaban J connectivity index is 1.69. The molecule has 0 radical (unpaired) electrons. The zero-order chi connectivity index (χ0) is 27.1. The molecule has 0 aliphatic carbocycles. The molecule has 0 spiro atoms. The van der Waals surface area contributed by atoms with E-state index in [1.807, 2.05) is 5.32 Å². The quantitative estimate of drug-likeness (QED) is 0.348. The number of carbonyl (C=O) groups excluding carboxylic acids is 3. The van der Waals surface area contributed by atoms with Gasteiger partial charge >= 0.3 is 12.5 Å². The van der Waals surface area contributed by atoms with E-state index >= 15 is 8.78 Å². The van der Waals surface area contributed by atoms with Gasteiger partial charge in [0.05, 0.1) is 38.6 Å². The van der Waals surface area contributed by atoms with Crippen LogP contribution in [0.15, 0.2) is 30.7 Å². The van der Waals surface area contributed by atoms with Crippen LogP contribution in [0.25, 0.3) is 0 Å². The first-order chi connectivity index (χ1) is 17.7. The highest BCUT2D eigenvalue weighted by Crippen LogP contribution is 2.31. The number of ether oxygens (including phenoxy) is 1. The monoisotopic (exact) mass is 528 g/mol. The van der Waals surface area contributed by atoms with Crippen molar-refractivity contribution in [3.05, 3.63) is 48.1 Å². The number of amides is 3. The second kappa shape index (κ2) is 12.3. The van der Waals surface area contributed by atoms with Crippen LogP contribution in [0.4, 0.5) is 33.7 Å². The van der Waals surface area contributed by atoms with Gasteiger partial charge in [0.1, 0.15) is 17.5 Å². The first kappa shape index (κ1) is 27.6. The van der Waals surface area contributed by atoms with Crippen LogP contribution in [0, 0.1) is 11.6 Å². The number of likely N-dealkylation sites (N-methyl/N-ethyl adjacent to an activating group) is 1. The Morgan fingerprint density at radius 1 is 1.24 bits per heavy atom.